The van der Waals surface area contributed by atoms with Crippen molar-refractivity contribution in [3.63, 3.8) is 0 Å². The third-order valence-corrected chi connectivity index (χ3v) is 4.85. The summed E-state index contributed by atoms with van der Waals surface area (Å²) in [4.78, 5) is 0.678. The van der Waals surface area contributed by atoms with Gasteiger partial charge in [-0.15, -0.1) is 0 Å². The smallest absolute Gasteiger partial charge is 0.144 e. The minimum atomic E-state index is 0.678. The summed E-state index contributed by atoms with van der Waals surface area (Å²) in [7, 11) is 2.38. The van der Waals surface area contributed by atoms with Crippen LogP contribution in [-0.4, -0.2) is 34.9 Å². The quantitative estimate of drug-likeness (QED) is 0.425. The van der Waals surface area contributed by atoms with Crippen molar-refractivity contribution in [1.82, 2.24) is 0 Å². The summed E-state index contributed by atoms with van der Waals surface area (Å²) in [6.45, 7) is 2.72. The number of hydrogen-bond donors (Lipinski definition) is 0. The van der Waals surface area contributed by atoms with E-state index in [1.165, 1.54) is 43.3 Å². The molecule has 0 bridgehead atoms. The van der Waals surface area contributed by atoms with E-state index in [0.29, 0.717) is 4.95 Å². The van der Waals surface area contributed by atoms with Gasteiger partial charge in [0.1, 0.15) is 4.95 Å². The number of alkyl halides is 2. The lowest BCUT2D eigenvalue weighted by molar-refractivity contribution is -0.906. The topological polar surface area (TPSA) is 0 Å². The first-order valence-electron chi connectivity index (χ1n) is 4.73. The van der Waals surface area contributed by atoms with Gasteiger partial charge in [-0.25, -0.2) is 0 Å². The molecule has 1 unspecified atom stereocenters. The zero-order valence-corrected chi connectivity index (χ0v) is 10.9. The Morgan fingerprint density at radius 3 is 2.42 bits per heavy atom. The molecule has 0 spiro atoms. The standard InChI is InChI=1S/C9H18Br2N/c1-12(7-2-3-8-12)9(11)5-4-6-10/h9H,2-8H2,1H3/q+1. The van der Waals surface area contributed by atoms with Crippen LogP contribution >= 0.6 is 31.9 Å². The van der Waals surface area contributed by atoms with Crippen LogP contribution in [-0.2, 0) is 0 Å². The van der Waals surface area contributed by atoms with Crippen LogP contribution in [0.3, 0.4) is 0 Å². The lowest BCUT2D eigenvalue weighted by atomic mass is 10.3. The van der Waals surface area contributed by atoms with E-state index < -0.39 is 0 Å². The number of quaternary nitrogens is 1. The molecular formula is C9H18Br2N+. The molecule has 0 amide bonds. The Labute approximate surface area is 92.4 Å². The van der Waals surface area contributed by atoms with Crippen LogP contribution in [0.4, 0.5) is 0 Å². The highest BCUT2D eigenvalue weighted by atomic mass is 79.9. The van der Waals surface area contributed by atoms with E-state index in [-0.39, 0.29) is 0 Å². The zero-order chi connectivity index (χ0) is 9.03. The van der Waals surface area contributed by atoms with Crippen molar-refractivity contribution < 1.29 is 4.48 Å². The average molecular weight is 300 g/mol. The third kappa shape index (κ3) is 2.71. The summed E-state index contributed by atoms with van der Waals surface area (Å²) in [5, 5.41) is 1.13. The van der Waals surface area contributed by atoms with Crippen LogP contribution < -0.4 is 0 Å². The fraction of sp³-hybridized carbons (Fsp3) is 1.00. The van der Waals surface area contributed by atoms with Gasteiger partial charge < -0.3 is 4.48 Å². The van der Waals surface area contributed by atoms with Gasteiger partial charge in [0.05, 0.1) is 20.1 Å². The summed E-state index contributed by atoms with van der Waals surface area (Å²) < 4.78 is 1.24. The van der Waals surface area contributed by atoms with Gasteiger partial charge >= 0.3 is 0 Å². The molecule has 1 aliphatic rings. The van der Waals surface area contributed by atoms with Crippen molar-refractivity contribution in [3.05, 3.63) is 0 Å². The Bertz CT molecular complexity index is 132. The van der Waals surface area contributed by atoms with E-state index in [1.54, 1.807) is 0 Å². The largest absolute Gasteiger partial charge is 0.315 e. The second kappa shape index (κ2) is 4.97. The zero-order valence-electron chi connectivity index (χ0n) is 7.73. The molecule has 0 saturated carbocycles. The molecule has 1 saturated heterocycles. The second-order valence-electron chi connectivity index (χ2n) is 3.90. The van der Waals surface area contributed by atoms with Gasteiger partial charge in [0.2, 0.25) is 0 Å². The number of rotatable bonds is 4. The van der Waals surface area contributed by atoms with Crippen molar-refractivity contribution in [2.75, 3.05) is 25.5 Å². The van der Waals surface area contributed by atoms with Gasteiger partial charge in [-0.1, -0.05) is 15.9 Å². The first-order chi connectivity index (χ1) is 5.69. The number of halogens is 2. The van der Waals surface area contributed by atoms with Gasteiger partial charge in [0.25, 0.3) is 0 Å². The molecule has 1 aliphatic heterocycles. The summed E-state index contributed by atoms with van der Waals surface area (Å²) in [6.07, 6.45) is 5.39. The van der Waals surface area contributed by atoms with Crippen molar-refractivity contribution in [1.29, 1.82) is 0 Å². The lowest BCUT2D eigenvalue weighted by Crippen LogP contribution is -2.46. The fourth-order valence-electron chi connectivity index (χ4n) is 1.90. The molecule has 1 nitrogen and oxygen atoms in total. The Balaban J connectivity index is 2.33. The van der Waals surface area contributed by atoms with Gasteiger partial charge in [-0.05, 0) is 22.4 Å². The molecule has 3 heteroatoms. The first kappa shape index (κ1) is 11.0. The average Bonchev–Trinajstić information content (AvgIpc) is 2.49. The number of hydrogen-bond acceptors (Lipinski definition) is 0. The van der Waals surface area contributed by atoms with Crippen LogP contribution in [0.25, 0.3) is 0 Å². The van der Waals surface area contributed by atoms with Crippen LogP contribution in [0.5, 0.6) is 0 Å². The van der Waals surface area contributed by atoms with Gasteiger partial charge in [-0.3, -0.25) is 0 Å². The Morgan fingerprint density at radius 2 is 1.92 bits per heavy atom. The summed E-state index contributed by atoms with van der Waals surface area (Å²) in [5.41, 5.74) is 0. The molecule has 0 radical (unpaired) electrons. The molecule has 1 heterocycles. The number of likely N-dealkylation sites (tertiary alicyclic amines) is 1. The molecule has 1 rings (SSSR count). The predicted octanol–water partition coefficient (Wildman–Crippen LogP) is 3.12. The third-order valence-electron chi connectivity index (χ3n) is 2.84. The van der Waals surface area contributed by atoms with Crippen molar-refractivity contribution >= 4 is 31.9 Å². The minimum absolute atomic E-state index is 0.678. The number of nitrogens with zero attached hydrogens (tertiary/aromatic N) is 1. The molecule has 0 aromatic rings. The SMILES string of the molecule is C[N+]1(C(Br)CCCBr)CCCC1. The Hall–Kier alpha value is 0.920. The monoisotopic (exact) mass is 298 g/mol. The maximum absolute atomic E-state index is 3.81. The minimum Gasteiger partial charge on any atom is -0.315 e. The molecule has 12 heavy (non-hydrogen) atoms. The highest BCUT2D eigenvalue weighted by Gasteiger charge is 2.33. The molecule has 72 valence electrons. The molecular weight excluding hydrogens is 282 g/mol. The van der Waals surface area contributed by atoms with Crippen LogP contribution in [0.15, 0.2) is 0 Å². The normalized spacial score (nSPS) is 24.2. The van der Waals surface area contributed by atoms with Crippen molar-refractivity contribution in [2.24, 2.45) is 0 Å². The van der Waals surface area contributed by atoms with E-state index in [1.807, 2.05) is 0 Å². The first-order valence-corrected chi connectivity index (χ1v) is 6.77. The molecule has 1 fully saturated rings. The summed E-state index contributed by atoms with van der Waals surface area (Å²) in [6, 6.07) is 0. The highest BCUT2D eigenvalue weighted by molar-refractivity contribution is 9.09. The highest BCUT2D eigenvalue weighted by Crippen LogP contribution is 2.27. The van der Waals surface area contributed by atoms with E-state index in [2.05, 4.69) is 38.9 Å². The Morgan fingerprint density at radius 1 is 1.33 bits per heavy atom. The van der Waals surface area contributed by atoms with Crippen molar-refractivity contribution in [3.8, 4) is 0 Å². The molecule has 0 aromatic carbocycles. The Kier molecular flexibility index (Phi) is 4.55. The van der Waals surface area contributed by atoms with Crippen LogP contribution in [0.1, 0.15) is 25.7 Å². The van der Waals surface area contributed by atoms with Crippen molar-refractivity contribution in [2.45, 2.75) is 30.6 Å². The maximum Gasteiger partial charge on any atom is 0.144 e. The summed E-state index contributed by atoms with van der Waals surface area (Å²) in [5.74, 6) is 0. The van der Waals surface area contributed by atoms with Gasteiger partial charge in [-0.2, -0.15) is 0 Å². The molecule has 1 atom stereocenters. The lowest BCUT2D eigenvalue weighted by Gasteiger charge is -2.34. The van der Waals surface area contributed by atoms with E-state index in [4.69, 9.17) is 0 Å². The van der Waals surface area contributed by atoms with Gasteiger partial charge in [0.15, 0.2) is 0 Å². The van der Waals surface area contributed by atoms with E-state index >= 15 is 0 Å². The molecule has 0 aromatic heterocycles. The van der Waals surface area contributed by atoms with Gasteiger partial charge in [0, 0.05) is 24.6 Å². The van der Waals surface area contributed by atoms with E-state index in [9.17, 15) is 0 Å². The van der Waals surface area contributed by atoms with E-state index in [0.717, 1.165) is 5.33 Å². The molecule has 0 aliphatic carbocycles. The predicted molar refractivity (Wildman–Crippen MR) is 60.9 cm³/mol. The maximum atomic E-state index is 3.81. The van der Waals surface area contributed by atoms with Crippen LogP contribution in [0, 0.1) is 0 Å². The fourth-order valence-corrected chi connectivity index (χ4v) is 2.95. The molecule has 0 N–H and O–H groups in total. The summed E-state index contributed by atoms with van der Waals surface area (Å²) >= 11 is 7.29. The van der Waals surface area contributed by atoms with Crippen LogP contribution in [0.2, 0.25) is 0 Å². The second-order valence-corrected chi connectivity index (χ2v) is 5.75.